The molecule has 0 amide bonds. The third kappa shape index (κ3) is 3.47. The molecular formula is C16H17BrClNO. The van der Waals surface area contributed by atoms with Crippen molar-refractivity contribution >= 4 is 33.2 Å². The second-order valence-electron chi connectivity index (χ2n) is 4.77. The predicted molar refractivity (Wildman–Crippen MR) is 88.7 cm³/mol. The fourth-order valence-electron chi connectivity index (χ4n) is 2.18. The lowest BCUT2D eigenvalue weighted by Gasteiger charge is -2.21. The number of halogens is 2. The molecule has 2 aromatic carbocycles. The SMILES string of the molecule is CCC(Nc1ccc(Cl)cc1C)c1cc(Br)ccc1O. The number of anilines is 1. The summed E-state index contributed by atoms with van der Waals surface area (Å²) in [6.45, 7) is 4.10. The van der Waals surface area contributed by atoms with Crippen LogP contribution in [0.3, 0.4) is 0 Å². The first-order valence-corrected chi connectivity index (χ1v) is 7.69. The molecule has 106 valence electrons. The van der Waals surface area contributed by atoms with Crippen molar-refractivity contribution in [2.24, 2.45) is 0 Å². The van der Waals surface area contributed by atoms with Crippen LogP contribution in [0.2, 0.25) is 5.02 Å². The molecule has 0 aliphatic heterocycles. The standard InChI is InChI=1S/C16H17BrClNO/c1-3-14(13-9-11(17)4-7-16(13)20)19-15-6-5-12(18)8-10(15)2/h4-9,14,19-20H,3H2,1-2H3. The van der Waals surface area contributed by atoms with E-state index in [0.29, 0.717) is 5.75 Å². The molecule has 0 radical (unpaired) electrons. The molecule has 1 unspecified atom stereocenters. The molecule has 2 rings (SSSR count). The van der Waals surface area contributed by atoms with Gasteiger partial charge in [0.15, 0.2) is 0 Å². The van der Waals surface area contributed by atoms with Crippen molar-refractivity contribution in [2.75, 3.05) is 5.32 Å². The lowest BCUT2D eigenvalue weighted by atomic mass is 10.0. The first kappa shape index (κ1) is 15.2. The van der Waals surface area contributed by atoms with E-state index in [4.69, 9.17) is 11.6 Å². The molecule has 4 heteroatoms. The highest BCUT2D eigenvalue weighted by Crippen LogP contribution is 2.33. The Labute approximate surface area is 132 Å². The summed E-state index contributed by atoms with van der Waals surface area (Å²) in [5, 5.41) is 14.2. The van der Waals surface area contributed by atoms with Gasteiger partial charge < -0.3 is 10.4 Å². The Hall–Kier alpha value is -1.19. The van der Waals surface area contributed by atoms with Crippen molar-refractivity contribution in [1.82, 2.24) is 0 Å². The van der Waals surface area contributed by atoms with E-state index in [1.165, 1.54) is 0 Å². The number of aryl methyl sites for hydroxylation is 1. The van der Waals surface area contributed by atoms with Gasteiger partial charge in [0.25, 0.3) is 0 Å². The monoisotopic (exact) mass is 353 g/mol. The third-order valence-corrected chi connectivity index (χ3v) is 4.02. The van der Waals surface area contributed by atoms with Crippen LogP contribution in [0.5, 0.6) is 5.75 Å². The van der Waals surface area contributed by atoms with Crippen LogP contribution in [0.15, 0.2) is 40.9 Å². The highest BCUT2D eigenvalue weighted by molar-refractivity contribution is 9.10. The molecule has 0 aliphatic carbocycles. The highest BCUT2D eigenvalue weighted by Gasteiger charge is 2.15. The van der Waals surface area contributed by atoms with E-state index in [2.05, 4.69) is 28.2 Å². The number of phenols is 1. The lowest BCUT2D eigenvalue weighted by Crippen LogP contribution is -2.10. The fourth-order valence-corrected chi connectivity index (χ4v) is 2.79. The van der Waals surface area contributed by atoms with Crippen LogP contribution >= 0.6 is 27.5 Å². The Morgan fingerprint density at radius 2 is 2.00 bits per heavy atom. The molecule has 0 spiro atoms. The molecule has 0 saturated carbocycles. The zero-order valence-electron chi connectivity index (χ0n) is 11.5. The minimum Gasteiger partial charge on any atom is -0.508 e. The van der Waals surface area contributed by atoms with Gasteiger partial charge in [0.05, 0.1) is 6.04 Å². The second kappa shape index (κ2) is 6.51. The van der Waals surface area contributed by atoms with Gasteiger partial charge in [0.1, 0.15) is 5.75 Å². The minimum atomic E-state index is 0.0485. The van der Waals surface area contributed by atoms with Crippen LogP contribution in [-0.4, -0.2) is 5.11 Å². The van der Waals surface area contributed by atoms with Gasteiger partial charge >= 0.3 is 0 Å². The highest BCUT2D eigenvalue weighted by atomic mass is 79.9. The number of benzene rings is 2. The van der Waals surface area contributed by atoms with Crippen LogP contribution in [0.1, 0.15) is 30.5 Å². The Morgan fingerprint density at radius 3 is 2.65 bits per heavy atom. The van der Waals surface area contributed by atoms with Crippen molar-refractivity contribution in [2.45, 2.75) is 26.3 Å². The maximum atomic E-state index is 10.0. The molecule has 0 heterocycles. The van der Waals surface area contributed by atoms with Crippen LogP contribution in [0.4, 0.5) is 5.69 Å². The molecule has 2 nitrogen and oxygen atoms in total. The van der Waals surface area contributed by atoms with Crippen LogP contribution < -0.4 is 5.32 Å². The topological polar surface area (TPSA) is 32.3 Å². The number of rotatable bonds is 4. The molecule has 0 saturated heterocycles. The van der Waals surface area contributed by atoms with Gasteiger partial charge in [-0.2, -0.15) is 0 Å². The summed E-state index contributed by atoms with van der Waals surface area (Å²) >= 11 is 9.42. The van der Waals surface area contributed by atoms with Crippen molar-refractivity contribution in [1.29, 1.82) is 0 Å². The van der Waals surface area contributed by atoms with Gasteiger partial charge in [-0.3, -0.25) is 0 Å². The van der Waals surface area contributed by atoms with Crippen molar-refractivity contribution < 1.29 is 5.11 Å². The first-order chi connectivity index (χ1) is 9.51. The summed E-state index contributed by atoms with van der Waals surface area (Å²) in [6.07, 6.45) is 0.867. The number of phenolic OH excluding ortho intramolecular Hbond substituents is 1. The first-order valence-electron chi connectivity index (χ1n) is 6.52. The predicted octanol–water partition coefficient (Wildman–Crippen LogP) is 5.68. The van der Waals surface area contributed by atoms with Crippen molar-refractivity contribution in [3.63, 3.8) is 0 Å². The van der Waals surface area contributed by atoms with Gasteiger partial charge in [-0.05, 0) is 55.3 Å². The van der Waals surface area contributed by atoms with Gasteiger partial charge in [-0.25, -0.2) is 0 Å². The Bertz CT molecular complexity index is 615. The zero-order chi connectivity index (χ0) is 14.7. The Morgan fingerprint density at radius 1 is 1.25 bits per heavy atom. The number of hydrogen-bond acceptors (Lipinski definition) is 2. The molecule has 2 N–H and O–H groups in total. The third-order valence-electron chi connectivity index (χ3n) is 3.29. The van der Waals surface area contributed by atoms with Crippen LogP contribution in [0, 0.1) is 6.92 Å². The lowest BCUT2D eigenvalue weighted by molar-refractivity contribution is 0.462. The average Bonchev–Trinajstić information content (AvgIpc) is 2.41. The average molecular weight is 355 g/mol. The quantitative estimate of drug-likeness (QED) is 0.740. The van der Waals surface area contributed by atoms with Gasteiger partial charge in [0, 0.05) is 20.7 Å². The molecule has 0 aromatic heterocycles. The summed E-state index contributed by atoms with van der Waals surface area (Å²) in [5.74, 6) is 0.305. The van der Waals surface area contributed by atoms with E-state index in [-0.39, 0.29) is 6.04 Å². The second-order valence-corrected chi connectivity index (χ2v) is 6.12. The van der Waals surface area contributed by atoms with E-state index >= 15 is 0 Å². The van der Waals surface area contributed by atoms with E-state index in [0.717, 1.165) is 32.7 Å². The summed E-state index contributed by atoms with van der Waals surface area (Å²) in [5.41, 5.74) is 3.00. The Balaban J connectivity index is 2.31. The maximum absolute atomic E-state index is 10.0. The largest absolute Gasteiger partial charge is 0.508 e. The van der Waals surface area contributed by atoms with E-state index in [1.807, 2.05) is 37.3 Å². The Kier molecular flexibility index (Phi) is 4.95. The fraction of sp³-hybridized carbons (Fsp3) is 0.250. The summed E-state index contributed by atoms with van der Waals surface area (Å²) in [6, 6.07) is 11.3. The van der Waals surface area contributed by atoms with Gasteiger partial charge in [-0.15, -0.1) is 0 Å². The molecule has 0 bridgehead atoms. The number of aromatic hydroxyl groups is 1. The molecular weight excluding hydrogens is 338 g/mol. The normalized spacial score (nSPS) is 12.2. The number of hydrogen-bond donors (Lipinski definition) is 2. The van der Waals surface area contributed by atoms with Gasteiger partial charge in [0.2, 0.25) is 0 Å². The van der Waals surface area contributed by atoms with E-state index < -0.39 is 0 Å². The molecule has 0 fully saturated rings. The minimum absolute atomic E-state index is 0.0485. The van der Waals surface area contributed by atoms with Crippen LogP contribution in [0.25, 0.3) is 0 Å². The van der Waals surface area contributed by atoms with Crippen LogP contribution in [-0.2, 0) is 0 Å². The number of nitrogens with one attached hydrogen (secondary N) is 1. The molecule has 1 atom stereocenters. The molecule has 0 aliphatic rings. The van der Waals surface area contributed by atoms with Crippen molar-refractivity contribution in [3.05, 3.63) is 57.0 Å². The maximum Gasteiger partial charge on any atom is 0.120 e. The molecule has 2 aromatic rings. The molecule has 20 heavy (non-hydrogen) atoms. The summed E-state index contributed by atoms with van der Waals surface area (Å²) in [7, 11) is 0. The van der Waals surface area contributed by atoms with E-state index in [9.17, 15) is 5.11 Å². The summed E-state index contributed by atoms with van der Waals surface area (Å²) < 4.78 is 0.957. The van der Waals surface area contributed by atoms with Crippen molar-refractivity contribution in [3.8, 4) is 5.75 Å². The van der Waals surface area contributed by atoms with Gasteiger partial charge in [-0.1, -0.05) is 34.5 Å². The zero-order valence-corrected chi connectivity index (χ0v) is 13.8. The smallest absolute Gasteiger partial charge is 0.120 e. The van der Waals surface area contributed by atoms with E-state index in [1.54, 1.807) is 6.07 Å². The summed E-state index contributed by atoms with van der Waals surface area (Å²) in [4.78, 5) is 0.